The van der Waals surface area contributed by atoms with Crippen LogP contribution < -0.4 is 0 Å². The molecule has 1 aliphatic rings. The van der Waals surface area contributed by atoms with Crippen LogP contribution in [0.1, 0.15) is 39.0 Å². The molecule has 0 aromatic rings. The highest BCUT2D eigenvalue weighted by Crippen LogP contribution is 2.24. The monoisotopic (exact) mass is 154 g/mol. The van der Waals surface area contributed by atoms with Gasteiger partial charge in [0.05, 0.1) is 6.10 Å². The van der Waals surface area contributed by atoms with Gasteiger partial charge in [-0.25, -0.2) is 0 Å². The molecule has 0 amide bonds. The van der Waals surface area contributed by atoms with Crippen LogP contribution in [0.25, 0.3) is 0 Å². The van der Waals surface area contributed by atoms with Crippen molar-refractivity contribution < 1.29 is 4.74 Å². The first-order valence-corrected chi connectivity index (χ1v) is 4.64. The molecule has 0 heterocycles. The summed E-state index contributed by atoms with van der Waals surface area (Å²) in [5.74, 6) is 0. The van der Waals surface area contributed by atoms with E-state index in [0.29, 0.717) is 6.10 Å². The largest absolute Gasteiger partial charge is 0.374 e. The molecule has 1 fully saturated rings. The molecule has 0 radical (unpaired) electrons. The highest BCUT2D eigenvalue weighted by molar-refractivity contribution is 5.04. The molecule has 64 valence electrons. The quantitative estimate of drug-likeness (QED) is 0.568. The maximum atomic E-state index is 5.64. The topological polar surface area (TPSA) is 9.23 Å². The Balaban J connectivity index is 2.24. The van der Waals surface area contributed by atoms with Crippen LogP contribution in [-0.2, 0) is 4.74 Å². The van der Waals surface area contributed by atoms with E-state index in [0.717, 1.165) is 13.0 Å². The second-order valence-electron chi connectivity index (χ2n) is 3.26. The minimum atomic E-state index is 0.378. The molecule has 0 aromatic carbocycles. The lowest BCUT2D eigenvalue weighted by Gasteiger charge is -2.24. The summed E-state index contributed by atoms with van der Waals surface area (Å²) in [5.41, 5.74) is 1.31. The lowest BCUT2D eigenvalue weighted by molar-refractivity contribution is 0.0614. The van der Waals surface area contributed by atoms with Gasteiger partial charge >= 0.3 is 0 Å². The zero-order valence-electron chi connectivity index (χ0n) is 7.44. The van der Waals surface area contributed by atoms with Gasteiger partial charge in [0.2, 0.25) is 0 Å². The first kappa shape index (κ1) is 8.79. The number of hydrogen-bond acceptors (Lipinski definition) is 1. The van der Waals surface area contributed by atoms with E-state index in [1.54, 1.807) is 0 Å². The van der Waals surface area contributed by atoms with Crippen LogP contribution in [0.3, 0.4) is 0 Å². The second kappa shape index (κ2) is 4.55. The van der Waals surface area contributed by atoms with Crippen LogP contribution >= 0.6 is 0 Å². The lowest BCUT2D eigenvalue weighted by Crippen LogP contribution is -2.19. The Bertz CT molecular complexity index is 129. The Morgan fingerprint density at radius 2 is 2.36 bits per heavy atom. The van der Waals surface area contributed by atoms with Gasteiger partial charge in [-0.3, -0.25) is 0 Å². The van der Waals surface area contributed by atoms with E-state index in [-0.39, 0.29) is 0 Å². The van der Waals surface area contributed by atoms with E-state index in [2.05, 4.69) is 13.5 Å². The summed E-state index contributed by atoms with van der Waals surface area (Å²) in [6, 6.07) is 0. The fourth-order valence-corrected chi connectivity index (χ4v) is 1.51. The highest BCUT2D eigenvalue weighted by atomic mass is 16.5. The first-order valence-electron chi connectivity index (χ1n) is 4.64. The number of rotatable bonds is 3. The third-order valence-electron chi connectivity index (χ3n) is 2.19. The van der Waals surface area contributed by atoms with Crippen molar-refractivity contribution in [3.8, 4) is 0 Å². The zero-order chi connectivity index (χ0) is 8.10. The Hall–Kier alpha value is -0.300. The molecule has 1 rings (SSSR count). The Kier molecular flexibility index (Phi) is 3.64. The Morgan fingerprint density at radius 1 is 1.55 bits per heavy atom. The maximum Gasteiger partial charge on any atom is 0.0782 e. The summed E-state index contributed by atoms with van der Waals surface area (Å²) >= 11 is 0. The van der Waals surface area contributed by atoms with Gasteiger partial charge in [0.15, 0.2) is 0 Å². The molecule has 11 heavy (non-hydrogen) atoms. The summed E-state index contributed by atoms with van der Waals surface area (Å²) in [7, 11) is 0. The van der Waals surface area contributed by atoms with Crippen molar-refractivity contribution in [1.29, 1.82) is 0 Å². The molecular weight excluding hydrogens is 136 g/mol. The Morgan fingerprint density at radius 3 is 3.00 bits per heavy atom. The molecule has 0 N–H and O–H groups in total. The van der Waals surface area contributed by atoms with Crippen LogP contribution in [0.5, 0.6) is 0 Å². The van der Waals surface area contributed by atoms with Crippen molar-refractivity contribution in [3.63, 3.8) is 0 Å². The molecule has 1 aliphatic carbocycles. The molecule has 0 bridgehead atoms. The van der Waals surface area contributed by atoms with Crippen LogP contribution in [0, 0.1) is 0 Å². The van der Waals surface area contributed by atoms with Gasteiger partial charge < -0.3 is 4.74 Å². The van der Waals surface area contributed by atoms with Crippen molar-refractivity contribution in [3.05, 3.63) is 12.2 Å². The van der Waals surface area contributed by atoms with Gasteiger partial charge in [-0.15, -0.1) is 0 Å². The van der Waals surface area contributed by atoms with Crippen LogP contribution in [0.2, 0.25) is 0 Å². The van der Waals surface area contributed by atoms with Gasteiger partial charge in [-0.2, -0.15) is 0 Å². The van der Waals surface area contributed by atoms with Gasteiger partial charge in [0.1, 0.15) is 0 Å². The minimum Gasteiger partial charge on any atom is -0.374 e. The summed E-state index contributed by atoms with van der Waals surface area (Å²) in [6.45, 7) is 7.06. The average molecular weight is 154 g/mol. The van der Waals surface area contributed by atoms with E-state index in [9.17, 15) is 0 Å². The first-order chi connectivity index (χ1) is 5.34. The molecule has 1 unspecified atom stereocenters. The van der Waals surface area contributed by atoms with E-state index < -0.39 is 0 Å². The van der Waals surface area contributed by atoms with Crippen LogP contribution in [0.15, 0.2) is 12.2 Å². The van der Waals surface area contributed by atoms with E-state index in [4.69, 9.17) is 4.74 Å². The van der Waals surface area contributed by atoms with E-state index >= 15 is 0 Å². The molecule has 0 aliphatic heterocycles. The van der Waals surface area contributed by atoms with Crippen molar-refractivity contribution in [2.75, 3.05) is 6.61 Å². The summed E-state index contributed by atoms with van der Waals surface area (Å²) < 4.78 is 5.64. The summed E-state index contributed by atoms with van der Waals surface area (Å²) in [6.07, 6.45) is 6.48. The van der Waals surface area contributed by atoms with Crippen LogP contribution in [-0.4, -0.2) is 12.7 Å². The molecule has 1 atom stereocenters. The molecule has 1 nitrogen and oxygen atoms in total. The summed E-state index contributed by atoms with van der Waals surface area (Å²) in [5, 5.41) is 0. The van der Waals surface area contributed by atoms with Gasteiger partial charge in [0, 0.05) is 6.61 Å². The molecule has 1 saturated carbocycles. The van der Waals surface area contributed by atoms with E-state index in [1.807, 2.05) is 0 Å². The van der Waals surface area contributed by atoms with Crippen LogP contribution in [0.4, 0.5) is 0 Å². The van der Waals surface area contributed by atoms with Crippen molar-refractivity contribution in [2.45, 2.75) is 45.1 Å². The third-order valence-corrected chi connectivity index (χ3v) is 2.19. The SMILES string of the molecule is C=C1CCCCC1OCCC. The number of hydrogen-bond donors (Lipinski definition) is 0. The number of ether oxygens (including phenoxy) is 1. The predicted molar refractivity (Wildman–Crippen MR) is 47.6 cm³/mol. The summed E-state index contributed by atoms with van der Waals surface area (Å²) in [4.78, 5) is 0. The fourth-order valence-electron chi connectivity index (χ4n) is 1.51. The third kappa shape index (κ3) is 2.66. The van der Waals surface area contributed by atoms with Gasteiger partial charge in [0.25, 0.3) is 0 Å². The predicted octanol–water partition coefficient (Wildman–Crippen LogP) is 2.91. The standard InChI is InChI=1S/C10H18O/c1-3-8-11-10-7-5-4-6-9(10)2/h10H,2-8H2,1H3. The van der Waals surface area contributed by atoms with Crippen molar-refractivity contribution in [1.82, 2.24) is 0 Å². The molecule has 0 aromatic heterocycles. The average Bonchev–Trinajstić information content (AvgIpc) is 2.03. The van der Waals surface area contributed by atoms with E-state index in [1.165, 1.54) is 31.3 Å². The molecular formula is C10H18O. The molecule has 0 saturated heterocycles. The highest BCUT2D eigenvalue weighted by Gasteiger charge is 2.16. The normalized spacial score (nSPS) is 25.5. The fraction of sp³-hybridized carbons (Fsp3) is 0.800. The second-order valence-corrected chi connectivity index (χ2v) is 3.26. The molecule has 1 heteroatoms. The molecule has 0 spiro atoms. The van der Waals surface area contributed by atoms with Gasteiger partial charge in [-0.05, 0) is 31.3 Å². The minimum absolute atomic E-state index is 0.378. The maximum absolute atomic E-state index is 5.64. The van der Waals surface area contributed by atoms with Gasteiger partial charge in [-0.1, -0.05) is 19.9 Å². The van der Waals surface area contributed by atoms with Crippen molar-refractivity contribution in [2.24, 2.45) is 0 Å². The zero-order valence-corrected chi connectivity index (χ0v) is 7.44. The smallest absolute Gasteiger partial charge is 0.0782 e. The van der Waals surface area contributed by atoms with Crippen molar-refractivity contribution >= 4 is 0 Å². The Labute approximate surface area is 69.4 Å². The lowest BCUT2D eigenvalue weighted by atomic mass is 9.93.